The minimum atomic E-state index is -0.455. The molecule has 1 aromatic carbocycles. The molecule has 0 aliphatic rings. The number of amides is 3. The fourth-order valence-electron chi connectivity index (χ4n) is 1.89. The van der Waals surface area contributed by atoms with Gasteiger partial charge in [0, 0.05) is 18.1 Å². The van der Waals surface area contributed by atoms with E-state index in [1.807, 2.05) is 25.1 Å². The van der Waals surface area contributed by atoms with Gasteiger partial charge in [0.2, 0.25) is 11.8 Å². The molecular weight excluding hydrogens is 340 g/mol. The topological polar surface area (TPSA) is 100 Å². The minimum Gasteiger partial charge on any atom is -0.325 e. The number of anilines is 1. The van der Waals surface area contributed by atoms with E-state index in [9.17, 15) is 14.4 Å². The molecule has 25 heavy (non-hydrogen) atoms. The average Bonchev–Trinajstić information content (AvgIpc) is 2.60. The zero-order valence-corrected chi connectivity index (χ0v) is 14.4. The van der Waals surface area contributed by atoms with Crippen molar-refractivity contribution in [3.05, 3.63) is 59.9 Å². The Morgan fingerprint density at radius 1 is 1.04 bits per heavy atom. The summed E-state index contributed by atoms with van der Waals surface area (Å²) in [6, 6.07) is 10.7. The lowest BCUT2D eigenvalue weighted by Gasteiger charge is -2.08. The van der Waals surface area contributed by atoms with E-state index in [4.69, 9.17) is 0 Å². The SMILES string of the molecule is Cc1cccc(NC(=O)CSCC(=O)NNC(=O)c2cccnc2)c1. The molecule has 2 aromatic rings. The van der Waals surface area contributed by atoms with E-state index in [1.54, 1.807) is 24.4 Å². The fourth-order valence-corrected chi connectivity index (χ4v) is 2.51. The monoisotopic (exact) mass is 358 g/mol. The molecule has 0 aliphatic heterocycles. The number of hydrazine groups is 1. The van der Waals surface area contributed by atoms with Crippen molar-refractivity contribution < 1.29 is 14.4 Å². The molecule has 7 nitrogen and oxygen atoms in total. The summed E-state index contributed by atoms with van der Waals surface area (Å²) in [6.45, 7) is 1.94. The summed E-state index contributed by atoms with van der Waals surface area (Å²) < 4.78 is 0. The number of rotatable bonds is 6. The van der Waals surface area contributed by atoms with E-state index in [1.165, 1.54) is 6.20 Å². The van der Waals surface area contributed by atoms with Gasteiger partial charge in [0.25, 0.3) is 5.91 Å². The first kappa shape index (κ1) is 18.5. The van der Waals surface area contributed by atoms with Gasteiger partial charge in [-0.15, -0.1) is 11.8 Å². The molecule has 8 heteroatoms. The van der Waals surface area contributed by atoms with Crippen LogP contribution in [0.3, 0.4) is 0 Å². The molecule has 0 spiro atoms. The Morgan fingerprint density at radius 3 is 2.56 bits per heavy atom. The smallest absolute Gasteiger partial charge is 0.271 e. The maximum atomic E-state index is 11.8. The zero-order chi connectivity index (χ0) is 18.1. The highest BCUT2D eigenvalue weighted by atomic mass is 32.2. The molecule has 130 valence electrons. The molecule has 0 unspecified atom stereocenters. The van der Waals surface area contributed by atoms with Gasteiger partial charge in [-0.3, -0.25) is 30.2 Å². The van der Waals surface area contributed by atoms with E-state index in [2.05, 4.69) is 21.2 Å². The molecule has 0 atom stereocenters. The number of carbonyl (C=O) groups excluding carboxylic acids is 3. The maximum absolute atomic E-state index is 11.8. The number of thioether (sulfide) groups is 1. The average molecular weight is 358 g/mol. The number of aromatic nitrogens is 1. The highest BCUT2D eigenvalue weighted by Crippen LogP contribution is 2.10. The van der Waals surface area contributed by atoms with Crippen LogP contribution in [0.1, 0.15) is 15.9 Å². The summed E-state index contributed by atoms with van der Waals surface area (Å²) in [5.41, 5.74) is 6.70. The van der Waals surface area contributed by atoms with Gasteiger partial charge in [-0.05, 0) is 36.8 Å². The molecule has 0 saturated heterocycles. The number of benzene rings is 1. The van der Waals surface area contributed by atoms with Crippen molar-refractivity contribution in [2.75, 3.05) is 16.8 Å². The minimum absolute atomic E-state index is 0.0502. The van der Waals surface area contributed by atoms with E-state index in [-0.39, 0.29) is 17.4 Å². The predicted octanol–water partition coefficient (Wildman–Crippen LogP) is 1.52. The molecular formula is C17H18N4O3S. The summed E-state index contributed by atoms with van der Waals surface area (Å²) >= 11 is 1.15. The first-order chi connectivity index (χ1) is 12.0. The molecule has 0 radical (unpaired) electrons. The van der Waals surface area contributed by atoms with Crippen LogP contribution >= 0.6 is 11.8 Å². The standard InChI is InChI=1S/C17H18N4O3S/c1-12-4-2-6-14(8-12)19-15(22)10-25-11-16(23)20-21-17(24)13-5-3-7-18-9-13/h2-9H,10-11H2,1H3,(H,19,22)(H,20,23)(H,21,24). The van der Waals surface area contributed by atoms with Crippen LogP contribution < -0.4 is 16.2 Å². The van der Waals surface area contributed by atoms with Crippen LogP contribution in [0.4, 0.5) is 5.69 Å². The van der Waals surface area contributed by atoms with Gasteiger partial charge in [0.05, 0.1) is 17.1 Å². The number of pyridine rings is 1. The van der Waals surface area contributed by atoms with Gasteiger partial charge in [0.15, 0.2) is 0 Å². The summed E-state index contributed by atoms with van der Waals surface area (Å²) in [7, 11) is 0. The molecule has 0 saturated carbocycles. The van der Waals surface area contributed by atoms with Gasteiger partial charge in [0.1, 0.15) is 0 Å². The van der Waals surface area contributed by atoms with E-state index in [0.717, 1.165) is 23.0 Å². The first-order valence-corrected chi connectivity index (χ1v) is 8.63. The Bertz CT molecular complexity index is 753. The third-order valence-electron chi connectivity index (χ3n) is 3.01. The van der Waals surface area contributed by atoms with Gasteiger partial charge < -0.3 is 5.32 Å². The Hall–Kier alpha value is -2.87. The third kappa shape index (κ3) is 6.64. The van der Waals surface area contributed by atoms with Crippen LogP contribution in [0.5, 0.6) is 0 Å². The van der Waals surface area contributed by atoms with Crippen LogP contribution in [0, 0.1) is 6.92 Å². The second-order valence-electron chi connectivity index (χ2n) is 5.15. The highest BCUT2D eigenvalue weighted by molar-refractivity contribution is 8.00. The van der Waals surface area contributed by atoms with Crippen LogP contribution in [-0.4, -0.2) is 34.2 Å². The zero-order valence-electron chi connectivity index (χ0n) is 13.6. The Kier molecular flexibility index (Phi) is 6.97. The molecule has 0 fully saturated rings. The van der Waals surface area contributed by atoms with Crippen molar-refractivity contribution in [3.8, 4) is 0 Å². The number of nitrogens with one attached hydrogen (secondary N) is 3. The van der Waals surface area contributed by atoms with E-state index in [0.29, 0.717) is 5.56 Å². The Morgan fingerprint density at radius 2 is 1.84 bits per heavy atom. The van der Waals surface area contributed by atoms with Crippen molar-refractivity contribution in [1.29, 1.82) is 0 Å². The van der Waals surface area contributed by atoms with Crippen molar-refractivity contribution >= 4 is 35.2 Å². The predicted molar refractivity (Wildman–Crippen MR) is 97.0 cm³/mol. The second-order valence-corrected chi connectivity index (χ2v) is 6.14. The molecule has 1 heterocycles. The number of aryl methyl sites for hydroxylation is 1. The molecule has 3 amide bonds. The molecule has 0 aliphatic carbocycles. The lowest BCUT2D eigenvalue weighted by atomic mass is 10.2. The van der Waals surface area contributed by atoms with Crippen molar-refractivity contribution in [3.63, 3.8) is 0 Å². The highest BCUT2D eigenvalue weighted by Gasteiger charge is 2.09. The van der Waals surface area contributed by atoms with Crippen molar-refractivity contribution in [1.82, 2.24) is 15.8 Å². The molecule has 0 bridgehead atoms. The quantitative estimate of drug-likeness (QED) is 0.680. The van der Waals surface area contributed by atoms with E-state index < -0.39 is 11.8 Å². The van der Waals surface area contributed by atoms with Gasteiger partial charge in [-0.2, -0.15) is 0 Å². The summed E-state index contributed by atoms with van der Waals surface area (Å²) in [4.78, 5) is 39.0. The third-order valence-corrected chi connectivity index (χ3v) is 3.94. The van der Waals surface area contributed by atoms with Crippen LogP contribution in [0.15, 0.2) is 48.8 Å². The second kappa shape index (κ2) is 9.43. The summed E-state index contributed by atoms with van der Waals surface area (Å²) in [6.07, 6.45) is 2.94. The largest absolute Gasteiger partial charge is 0.325 e. The summed E-state index contributed by atoms with van der Waals surface area (Å²) in [5, 5.41) is 2.76. The Balaban J connectivity index is 1.65. The lowest BCUT2D eigenvalue weighted by molar-refractivity contribution is -0.119. The van der Waals surface area contributed by atoms with Gasteiger partial charge in [-0.25, -0.2) is 0 Å². The summed E-state index contributed by atoms with van der Waals surface area (Å²) in [5.74, 6) is -0.857. The number of hydrogen-bond acceptors (Lipinski definition) is 5. The number of nitrogens with zero attached hydrogens (tertiary/aromatic N) is 1. The van der Waals surface area contributed by atoms with Gasteiger partial charge >= 0.3 is 0 Å². The molecule has 1 aromatic heterocycles. The first-order valence-electron chi connectivity index (χ1n) is 7.48. The fraction of sp³-hybridized carbons (Fsp3) is 0.176. The van der Waals surface area contributed by atoms with Crippen LogP contribution in [0.25, 0.3) is 0 Å². The van der Waals surface area contributed by atoms with Gasteiger partial charge in [-0.1, -0.05) is 12.1 Å². The van der Waals surface area contributed by atoms with Crippen LogP contribution in [0.2, 0.25) is 0 Å². The number of carbonyl (C=O) groups is 3. The maximum Gasteiger partial charge on any atom is 0.271 e. The lowest BCUT2D eigenvalue weighted by Crippen LogP contribution is -2.42. The van der Waals surface area contributed by atoms with Crippen LogP contribution in [-0.2, 0) is 9.59 Å². The normalized spacial score (nSPS) is 9.96. The molecule has 2 rings (SSSR count). The molecule has 3 N–H and O–H groups in total. The van der Waals surface area contributed by atoms with Crippen molar-refractivity contribution in [2.45, 2.75) is 6.92 Å². The Labute approximate surface area is 149 Å². The number of hydrogen-bond donors (Lipinski definition) is 3. The van der Waals surface area contributed by atoms with Crippen molar-refractivity contribution in [2.24, 2.45) is 0 Å². The van der Waals surface area contributed by atoms with E-state index >= 15 is 0 Å².